The fourth-order valence-corrected chi connectivity index (χ4v) is 3.77. The van der Waals surface area contributed by atoms with Crippen LogP contribution < -0.4 is 10.2 Å². The fraction of sp³-hybridized carbons (Fsp3) is 0.722. The van der Waals surface area contributed by atoms with Gasteiger partial charge in [0.1, 0.15) is 5.82 Å². The van der Waals surface area contributed by atoms with Crippen LogP contribution in [0.25, 0.3) is 0 Å². The third-order valence-electron chi connectivity index (χ3n) is 4.87. The molecule has 2 fully saturated rings. The van der Waals surface area contributed by atoms with Gasteiger partial charge in [-0.2, -0.15) is 0 Å². The zero-order valence-corrected chi connectivity index (χ0v) is 13.7. The molecule has 1 N–H and O–H groups in total. The second-order valence-corrected chi connectivity index (χ2v) is 7.19. The number of rotatable bonds is 6. The van der Waals surface area contributed by atoms with E-state index in [0.29, 0.717) is 5.92 Å². The number of hydrogen-bond donors (Lipinski definition) is 1. The van der Waals surface area contributed by atoms with Crippen molar-refractivity contribution in [1.29, 1.82) is 0 Å². The van der Waals surface area contributed by atoms with Crippen molar-refractivity contribution < 1.29 is 0 Å². The van der Waals surface area contributed by atoms with Crippen LogP contribution in [0, 0.1) is 11.8 Å². The molecule has 2 heterocycles. The van der Waals surface area contributed by atoms with Crippen LogP contribution in [0.15, 0.2) is 12.1 Å². The maximum atomic E-state index is 4.89. The molecule has 1 saturated carbocycles. The van der Waals surface area contributed by atoms with Gasteiger partial charge in [0, 0.05) is 24.8 Å². The minimum Gasteiger partial charge on any atom is -0.353 e. The summed E-state index contributed by atoms with van der Waals surface area (Å²) in [4.78, 5) is 7.46. The van der Waals surface area contributed by atoms with Crippen LogP contribution in [-0.2, 0) is 13.0 Å². The molecule has 0 radical (unpaired) electrons. The second-order valence-electron chi connectivity index (χ2n) is 7.19. The van der Waals surface area contributed by atoms with Crippen molar-refractivity contribution in [3.8, 4) is 0 Å². The lowest BCUT2D eigenvalue weighted by molar-refractivity contribution is 0.546. The van der Waals surface area contributed by atoms with E-state index < -0.39 is 0 Å². The van der Waals surface area contributed by atoms with Crippen molar-refractivity contribution in [2.75, 3.05) is 18.0 Å². The molecule has 3 nitrogen and oxygen atoms in total. The Balaban J connectivity index is 1.74. The standard InChI is InChI=1S/C18H29N3/c1-4-16-7-15(11-19-10-13(2)3)9-18(20-16)21-12-14-5-6-17(21)8-14/h7,9,13-14,17,19H,4-6,8,10-12H2,1-3H3. The molecule has 116 valence electrons. The number of anilines is 1. The molecule has 1 aliphatic carbocycles. The number of nitrogens with one attached hydrogen (secondary N) is 1. The number of fused-ring (bicyclic) bond motifs is 2. The minimum atomic E-state index is 0.700. The van der Waals surface area contributed by atoms with Crippen LogP contribution in [0.3, 0.4) is 0 Å². The highest BCUT2D eigenvalue weighted by molar-refractivity contribution is 5.46. The summed E-state index contributed by atoms with van der Waals surface area (Å²) >= 11 is 0. The van der Waals surface area contributed by atoms with Crippen LogP contribution >= 0.6 is 0 Å². The maximum Gasteiger partial charge on any atom is 0.129 e. The van der Waals surface area contributed by atoms with Gasteiger partial charge in [0.15, 0.2) is 0 Å². The predicted octanol–water partition coefficient (Wildman–Crippen LogP) is 3.38. The smallest absolute Gasteiger partial charge is 0.129 e. The highest BCUT2D eigenvalue weighted by Gasteiger charge is 2.38. The molecule has 0 spiro atoms. The van der Waals surface area contributed by atoms with Crippen LogP contribution in [-0.4, -0.2) is 24.1 Å². The normalized spacial score (nSPS) is 24.3. The molecular formula is C18H29N3. The van der Waals surface area contributed by atoms with E-state index in [9.17, 15) is 0 Å². The van der Waals surface area contributed by atoms with Gasteiger partial charge in [-0.1, -0.05) is 20.8 Å². The molecular weight excluding hydrogens is 258 g/mol. The molecule has 2 aliphatic rings. The van der Waals surface area contributed by atoms with Gasteiger partial charge in [-0.15, -0.1) is 0 Å². The van der Waals surface area contributed by atoms with E-state index in [2.05, 4.69) is 43.1 Å². The Morgan fingerprint density at radius 1 is 1.33 bits per heavy atom. The monoisotopic (exact) mass is 287 g/mol. The molecule has 0 aromatic carbocycles. The summed E-state index contributed by atoms with van der Waals surface area (Å²) in [7, 11) is 0. The minimum absolute atomic E-state index is 0.700. The summed E-state index contributed by atoms with van der Waals surface area (Å²) in [6.07, 6.45) is 5.20. The molecule has 1 aromatic rings. The molecule has 1 saturated heterocycles. The summed E-state index contributed by atoms with van der Waals surface area (Å²) < 4.78 is 0. The van der Waals surface area contributed by atoms with Crippen molar-refractivity contribution in [2.45, 2.75) is 59.0 Å². The Hall–Kier alpha value is -1.09. The third-order valence-corrected chi connectivity index (χ3v) is 4.87. The third kappa shape index (κ3) is 3.39. The van der Waals surface area contributed by atoms with Gasteiger partial charge in [0.2, 0.25) is 0 Å². The van der Waals surface area contributed by atoms with Gasteiger partial charge >= 0.3 is 0 Å². The number of pyridine rings is 1. The summed E-state index contributed by atoms with van der Waals surface area (Å²) in [6, 6.07) is 5.34. The molecule has 2 unspecified atom stereocenters. The zero-order chi connectivity index (χ0) is 14.8. The fourth-order valence-electron chi connectivity index (χ4n) is 3.77. The molecule has 3 heteroatoms. The average molecular weight is 287 g/mol. The Labute approximate surface area is 129 Å². The first-order chi connectivity index (χ1) is 10.2. The highest BCUT2D eigenvalue weighted by atomic mass is 15.2. The molecule has 0 amide bonds. The summed E-state index contributed by atoms with van der Waals surface area (Å²) in [5.74, 6) is 2.85. The number of hydrogen-bond acceptors (Lipinski definition) is 3. The average Bonchev–Trinajstić information content (AvgIpc) is 3.09. The first kappa shape index (κ1) is 14.8. The van der Waals surface area contributed by atoms with E-state index >= 15 is 0 Å². The molecule has 21 heavy (non-hydrogen) atoms. The van der Waals surface area contributed by atoms with E-state index in [-0.39, 0.29) is 0 Å². The summed E-state index contributed by atoms with van der Waals surface area (Å²) in [5, 5.41) is 3.56. The molecule has 3 rings (SSSR count). The van der Waals surface area contributed by atoms with Crippen LogP contribution in [0.2, 0.25) is 0 Å². The topological polar surface area (TPSA) is 28.2 Å². The van der Waals surface area contributed by atoms with Gasteiger partial charge in [0.25, 0.3) is 0 Å². The van der Waals surface area contributed by atoms with E-state index in [1.807, 2.05) is 0 Å². The number of aromatic nitrogens is 1. The largest absolute Gasteiger partial charge is 0.353 e. The zero-order valence-electron chi connectivity index (χ0n) is 13.7. The van der Waals surface area contributed by atoms with E-state index in [4.69, 9.17) is 4.98 Å². The van der Waals surface area contributed by atoms with Crippen molar-refractivity contribution in [1.82, 2.24) is 10.3 Å². The lowest BCUT2D eigenvalue weighted by Gasteiger charge is -2.29. The summed E-state index contributed by atoms with van der Waals surface area (Å²) in [6.45, 7) is 9.97. The molecule has 1 aliphatic heterocycles. The quantitative estimate of drug-likeness (QED) is 0.869. The van der Waals surface area contributed by atoms with E-state index in [1.54, 1.807) is 0 Å². The Morgan fingerprint density at radius 3 is 2.81 bits per heavy atom. The van der Waals surface area contributed by atoms with Crippen LogP contribution in [0.5, 0.6) is 0 Å². The van der Waals surface area contributed by atoms with Gasteiger partial charge in [-0.05, 0) is 61.8 Å². The van der Waals surface area contributed by atoms with Crippen molar-refractivity contribution >= 4 is 5.82 Å². The maximum absolute atomic E-state index is 4.89. The Bertz CT molecular complexity index is 483. The highest BCUT2D eigenvalue weighted by Crippen LogP contribution is 2.39. The lowest BCUT2D eigenvalue weighted by atomic mass is 10.1. The van der Waals surface area contributed by atoms with Crippen molar-refractivity contribution in [2.24, 2.45) is 11.8 Å². The number of piperidine rings is 1. The first-order valence-corrected chi connectivity index (χ1v) is 8.63. The number of nitrogens with zero attached hydrogens (tertiary/aromatic N) is 2. The van der Waals surface area contributed by atoms with E-state index in [0.717, 1.165) is 31.5 Å². The van der Waals surface area contributed by atoms with Gasteiger partial charge < -0.3 is 10.2 Å². The molecule has 2 bridgehead atoms. The Kier molecular flexibility index (Phi) is 4.48. The van der Waals surface area contributed by atoms with E-state index in [1.165, 1.54) is 42.9 Å². The SMILES string of the molecule is CCc1cc(CNCC(C)C)cc(N2CC3CCC2C3)n1. The predicted molar refractivity (Wildman–Crippen MR) is 88.6 cm³/mol. The molecule has 1 aromatic heterocycles. The van der Waals surface area contributed by atoms with Crippen molar-refractivity contribution in [3.63, 3.8) is 0 Å². The lowest BCUT2D eigenvalue weighted by Crippen LogP contribution is -2.33. The van der Waals surface area contributed by atoms with Crippen LogP contribution in [0.4, 0.5) is 5.82 Å². The van der Waals surface area contributed by atoms with Crippen LogP contribution in [0.1, 0.15) is 51.3 Å². The van der Waals surface area contributed by atoms with Gasteiger partial charge in [-0.25, -0.2) is 4.98 Å². The number of aryl methyl sites for hydroxylation is 1. The molecule has 2 atom stereocenters. The first-order valence-electron chi connectivity index (χ1n) is 8.63. The van der Waals surface area contributed by atoms with Crippen molar-refractivity contribution in [3.05, 3.63) is 23.4 Å². The second kappa shape index (κ2) is 6.35. The Morgan fingerprint density at radius 2 is 2.19 bits per heavy atom. The van der Waals surface area contributed by atoms with Gasteiger partial charge in [0.05, 0.1) is 0 Å². The van der Waals surface area contributed by atoms with Gasteiger partial charge in [-0.3, -0.25) is 0 Å². The summed E-state index contributed by atoms with van der Waals surface area (Å²) in [5.41, 5.74) is 2.62.